The molecule has 1 aromatic carbocycles. The molecule has 0 bridgehead atoms. The Morgan fingerprint density at radius 3 is 2.10 bits per heavy atom. The van der Waals surface area contributed by atoms with E-state index in [0.29, 0.717) is 18.7 Å². The van der Waals surface area contributed by atoms with Crippen molar-refractivity contribution >= 4 is 10.0 Å². The van der Waals surface area contributed by atoms with Crippen molar-refractivity contribution in [3.8, 4) is 5.75 Å². The molecule has 0 spiro atoms. The van der Waals surface area contributed by atoms with Crippen LogP contribution < -0.4 is 9.88 Å². The number of ether oxygens (including phenoxy) is 1. The highest BCUT2D eigenvalue weighted by atomic mass is 32.2. The molecule has 1 aromatic rings. The lowest BCUT2D eigenvalue weighted by atomic mass is 10.3. The highest BCUT2D eigenvalue weighted by Crippen LogP contribution is 2.24. The summed E-state index contributed by atoms with van der Waals surface area (Å²) in [6, 6.07) is 1.29. The average molecular weight is 308 g/mol. The minimum absolute atomic E-state index is 0.101. The normalized spacial score (nSPS) is 11.9. The molecule has 0 aliphatic rings. The molecule has 0 amide bonds. The Labute approximate surface area is 117 Å². The van der Waals surface area contributed by atoms with Crippen LogP contribution in [0, 0.1) is 11.6 Å². The first kappa shape index (κ1) is 16.8. The molecule has 0 aliphatic heterocycles. The van der Waals surface area contributed by atoms with E-state index in [4.69, 9.17) is 9.88 Å². The van der Waals surface area contributed by atoms with Crippen molar-refractivity contribution < 1.29 is 21.9 Å². The molecule has 20 heavy (non-hydrogen) atoms. The molecule has 0 unspecified atom stereocenters. The fourth-order valence-electron chi connectivity index (χ4n) is 1.66. The van der Waals surface area contributed by atoms with Gasteiger partial charge in [0, 0.05) is 6.54 Å². The van der Waals surface area contributed by atoms with Crippen LogP contribution in [0.2, 0.25) is 0 Å². The molecule has 114 valence electrons. The molecule has 8 heteroatoms. The highest BCUT2D eigenvalue weighted by Gasteiger charge is 2.18. The predicted molar refractivity (Wildman–Crippen MR) is 71.0 cm³/mol. The van der Waals surface area contributed by atoms with E-state index in [0.717, 1.165) is 13.1 Å². The molecule has 0 aromatic heterocycles. The molecule has 0 heterocycles. The van der Waals surface area contributed by atoms with Crippen molar-refractivity contribution in [2.45, 2.75) is 18.7 Å². The van der Waals surface area contributed by atoms with E-state index in [2.05, 4.69) is 0 Å². The maximum absolute atomic E-state index is 13.6. The summed E-state index contributed by atoms with van der Waals surface area (Å²) in [5, 5.41) is 4.81. The lowest BCUT2D eigenvalue weighted by molar-refractivity contribution is 0.211. The summed E-state index contributed by atoms with van der Waals surface area (Å²) >= 11 is 0. The fraction of sp³-hybridized carbons (Fsp3) is 0.500. The number of sulfonamides is 1. The first-order chi connectivity index (χ1) is 9.29. The van der Waals surface area contributed by atoms with E-state index in [1.54, 1.807) is 0 Å². The van der Waals surface area contributed by atoms with E-state index in [1.165, 1.54) is 0 Å². The summed E-state index contributed by atoms with van der Waals surface area (Å²) in [6.07, 6.45) is 0. The lowest BCUT2D eigenvalue weighted by Crippen LogP contribution is -2.28. The number of primary sulfonamides is 1. The van der Waals surface area contributed by atoms with Gasteiger partial charge in [-0.25, -0.2) is 22.3 Å². The summed E-state index contributed by atoms with van der Waals surface area (Å²) in [7, 11) is -4.15. The van der Waals surface area contributed by atoms with Crippen LogP contribution in [0.1, 0.15) is 13.8 Å². The molecule has 0 saturated carbocycles. The zero-order valence-electron chi connectivity index (χ0n) is 11.4. The number of nitrogens with two attached hydrogens (primary N) is 1. The molecular formula is C12H18F2N2O3S. The van der Waals surface area contributed by atoms with Gasteiger partial charge in [-0.3, -0.25) is 0 Å². The number of likely N-dealkylation sites (N-methyl/N-ethyl adjacent to an activating group) is 1. The Kier molecular flexibility index (Phi) is 5.85. The quantitative estimate of drug-likeness (QED) is 0.825. The Balaban J connectivity index is 2.82. The summed E-state index contributed by atoms with van der Waals surface area (Å²) in [6.45, 7) is 6.15. The van der Waals surface area contributed by atoms with Crippen LogP contribution in [0.4, 0.5) is 8.78 Å². The number of hydrogen-bond acceptors (Lipinski definition) is 4. The van der Waals surface area contributed by atoms with Crippen molar-refractivity contribution in [1.29, 1.82) is 0 Å². The summed E-state index contributed by atoms with van der Waals surface area (Å²) < 4.78 is 54.4. The second kappa shape index (κ2) is 6.96. The van der Waals surface area contributed by atoms with Gasteiger partial charge in [0.1, 0.15) is 6.61 Å². The molecular weight excluding hydrogens is 290 g/mol. The van der Waals surface area contributed by atoms with Crippen molar-refractivity contribution in [1.82, 2.24) is 4.90 Å². The second-order valence-electron chi connectivity index (χ2n) is 4.14. The Bertz CT molecular complexity index is 537. The van der Waals surface area contributed by atoms with Gasteiger partial charge in [-0.15, -0.1) is 0 Å². The third-order valence-electron chi connectivity index (χ3n) is 2.85. The van der Waals surface area contributed by atoms with Gasteiger partial charge in [0.25, 0.3) is 0 Å². The molecule has 0 atom stereocenters. The van der Waals surface area contributed by atoms with Gasteiger partial charge in [-0.05, 0) is 25.2 Å². The maximum Gasteiger partial charge on any atom is 0.238 e. The average Bonchev–Trinajstić information content (AvgIpc) is 2.36. The number of benzene rings is 1. The molecule has 5 nitrogen and oxygen atoms in total. The van der Waals surface area contributed by atoms with Gasteiger partial charge in [-0.1, -0.05) is 13.8 Å². The summed E-state index contributed by atoms with van der Waals surface area (Å²) in [4.78, 5) is 1.40. The molecule has 0 fully saturated rings. The third-order valence-corrected chi connectivity index (χ3v) is 3.74. The summed E-state index contributed by atoms with van der Waals surface area (Å²) in [5.41, 5.74) is 0. The Hall–Kier alpha value is -1.25. The third kappa shape index (κ3) is 4.39. The molecule has 2 N–H and O–H groups in total. The van der Waals surface area contributed by atoms with E-state index >= 15 is 0 Å². The Morgan fingerprint density at radius 1 is 1.20 bits per heavy atom. The van der Waals surface area contributed by atoms with E-state index < -0.39 is 32.3 Å². The minimum atomic E-state index is -4.15. The fourth-order valence-corrected chi connectivity index (χ4v) is 2.19. The van der Waals surface area contributed by atoms with E-state index in [-0.39, 0.29) is 6.61 Å². The van der Waals surface area contributed by atoms with Crippen LogP contribution in [-0.2, 0) is 10.0 Å². The van der Waals surface area contributed by atoms with Crippen LogP contribution in [0.25, 0.3) is 0 Å². The zero-order chi connectivity index (χ0) is 15.3. The van der Waals surface area contributed by atoms with Gasteiger partial charge in [0.2, 0.25) is 10.0 Å². The maximum atomic E-state index is 13.6. The molecule has 1 rings (SSSR count). The molecule has 0 saturated heterocycles. The lowest BCUT2D eigenvalue weighted by Gasteiger charge is -2.18. The monoisotopic (exact) mass is 308 g/mol. The van der Waals surface area contributed by atoms with Gasteiger partial charge >= 0.3 is 0 Å². The standard InChI is InChI=1S/C12H18F2N2O3S/c1-3-16(4-2)5-6-19-12-10(13)7-9(8-11(12)14)20(15,17)18/h7-8H,3-6H2,1-2H3,(H2,15,17,18). The Morgan fingerprint density at radius 2 is 1.70 bits per heavy atom. The topological polar surface area (TPSA) is 72.6 Å². The predicted octanol–water partition coefficient (Wildman–Crippen LogP) is 1.33. The van der Waals surface area contributed by atoms with Crippen molar-refractivity contribution in [2.24, 2.45) is 5.14 Å². The second-order valence-corrected chi connectivity index (χ2v) is 5.70. The first-order valence-electron chi connectivity index (χ1n) is 6.16. The minimum Gasteiger partial charge on any atom is -0.486 e. The van der Waals surface area contributed by atoms with Crippen LogP contribution in [-0.4, -0.2) is 39.6 Å². The van der Waals surface area contributed by atoms with Gasteiger partial charge in [0.05, 0.1) is 4.90 Å². The summed E-state index contributed by atoms with van der Waals surface area (Å²) in [5.74, 6) is -2.77. The van der Waals surface area contributed by atoms with E-state index in [9.17, 15) is 17.2 Å². The van der Waals surface area contributed by atoms with Crippen LogP contribution in [0.5, 0.6) is 5.75 Å². The van der Waals surface area contributed by atoms with Crippen LogP contribution in [0.15, 0.2) is 17.0 Å². The van der Waals surface area contributed by atoms with Crippen molar-refractivity contribution in [2.75, 3.05) is 26.2 Å². The molecule has 0 aliphatic carbocycles. The van der Waals surface area contributed by atoms with Gasteiger partial charge < -0.3 is 9.64 Å². The zero-order valence-corrected chi connectivity index (χ0v) is 12.2. The van der Waals surface area contributed by atoms with Crippen molar-refractivity contribution in [3.05, 3.63) is 23.8 Å². The first-order valence-corrected chi connectivity index (χ1v) is 7.71. The largest absolute Gasteiger partial charge is 0.486 e. The van der Waals surface area contributed by atoms with Crippen molar-refractivity contribution in [3.63, 3.8) is 0 Å². The van der Waals surface area contributed by atoms with Gasteiger partial charge in [-0.2, -0.15) is 0 Å². The molecule has 0 radical (unpaired) electrons. The number of halogens is 2. The number of rotatable bonds is 7. The smallest absolute Gasteiger partial charge is 0.238 e. The number of hydrogen-bond donors (Lipinski definition) is 1. The number of nitrogens with zero attached hydrogens (tertiary/aromatic N) is 1. The van der Waals surface area contributed by atoms with Crippen LogP contribution >= 0.6 is 0 Å². The highest BCUT2D eigenvalue weighted by molar-refractivity contribution is 7.89. The SMILES string of the molecule is CCN(CC)CCOc1c(F)cc(S(N)(=O)=O)cc1F. The van der Waals surface area contributed by atoms with Gasteiger partial charge in [0.15, 0.2) is 17.4 Å². The van der Waals surface area contributed by atoms with E-state index in [1.807, 2.05) is 18.7 Å². The van der Waals surface area contributed by atoms with Crippen LogP contribution in [0.3, 0.4) is 0 Å².